The van der Waals surface area contributed by atoms with Crippen LogP contribution in [0, 0.1) is 0 Å². The van der Waals surface area contributed by atoms with Gasteiger partial charge in [-0.2, -0.15) is 0 Å². The molecule has 1 saturated heterocycles. The highest BCUT2D eigenvalue weighted by Crippen LogP contribution is 2.26. The first kappa shape index (κ1) is 25.5. The molecule has 4 rings (SSSR count). The minimum atomic E-state index is -1.82. The first-order valence-corrected chi connectivity index (χ1v) is 11.0. The fourth-order valence-electron chi connectivity index (χ4n) is 3.91. The standard InChI is InChI=1S/C24H26N2O3.C2H2O4/c1-28-20-11-10-19(23(16-20)29-2)17-25-12-14-26(15-13-25)24(27)22-9-5-7-18-6-3-4-8-21(18)22;3-1(4)2(5)6/h3-11,16H,12-15,17H2,1-2H3;(H,3,4)(H,5,6). The topological polar surface area (TPSA) is 117 Å². The van der Waals surface area contributed by atoms with Crippen LogP contribution in [0.3, 0.4) is 0 Å². The number of fused-ring (bicyclic) bond motifs is 1. The van der Waals surface area contributed by atoms with Crippen LogP contribution in [0.1, 0.15) is 15.9 Å². The van der Waals surface area contributed by atoms with Crippen molar-refractivity contribution < 1.29 is 34.1 Å². The minimum absolute atomic E-state index is 0.114. The molecule has 184 valence electrons. The lowest BCUT2D eigenvalue weighted by atomic mass is 10.0. The van der Waals surface area contributed by atoms with Gasteiger partial charge in [-0.1, -0.05) is 42.5 Å². The van der Waals surface area contributed by atoms with Gasteiger partial charge in [0.05, 0.1) is 14.2 Å². The average molecular weight is 481 g/mol. The van der Waals surface area contributed by atoms with E-state index in [0.717, 1.165) is 66.1 Å². The molecule has 1 amide bonds. The van der Waals surface area contributed by atoms with E-state index in [1.807, 2.05) is 65.6 Å². The molecule has 0 aliphatic carbocycles. The lowest BCUT2D eigenvalue weighted by molar-refractivity contribution is -0.159. The molecule has 0 spiro atoms. The summed E-state index contributed by atoms with van der Waals surface area (Å²) in [5, 5.41) is 16.9. The second-order valence-electron chi connectivity index (χ2n) is 7.88. The summed E-state index contributed by atoms with van der Waals surface area (Å²) < 4.78 is 10.8. The highest BCUT2D eigenvalue weighted by molar-refractivity contribution is 6.27. The molecule has 0 aromatic heterocycles. The van der Waals surface area contributed by atoms with Gasteiger partial charge in [0.15, 0.2) is 0 Å². The third-order valence-electron chi connectivity index (χ3n) is 5.75. The maximum atomic E-state index is 13.1. The summed E-state index contributed by atoms with van der Waals surface area (Å²) in [4.78, 5) is 35.6. The lowest BCUT2D eigenvalue weighted by Crippen LogP contribution is -2.48. The Balaban J connectivity index is 0.000000509. The molecule has 3 aromatic carbocycles. The molecule has 0 unspecified atom stereocenters. The van der Waals surface area contributed by atoms with Crippen molar-refractivity contribution in [3.63, 3.8) is 0 Å². The molecule has 3 aromatic rings. The predicted octanol–water partition coefficient (Wildman–Crippen LogP) is 2.97. The van der Waals surface area contributed by atoms with Crippen molar-refractivity contribution in [2.24, 2.45) is 0 Å². The molecule has 9 nitrogen and oxygen atoms in total. The van der Waals surface area contributed by atoms with E-state index in [0.29, 0.717) is 0 Å². The molecule has 0 radical (unpaired) electrons. The molecule has 1 heterocycles. The van der Waals surface area contributed by atoms with E-state index in [9.17, 15) is 4.79 Å². The smallest absolute Gasteiger partial charge is 0.414 e. The largest absolute Gasteiger partial charge is 0.497 e. The van der Waals surface area contributed by atoms with Gasteiger partial charge >= 0.3 is 11.9 Å². The minimum Gasteiger partial charge on any atom is -0.497 e. The number of ether oxygens (including phenoxy) is 2. The maximum absolute atomic E-state index is 13.1. The van der Waals surface area contributed by atoms with Crippen LogP contribution in [0.5, 0.6) is 11.5 Å². The van der Waals surface area contributed by atoms with Crippen molar-refractivity contribution in [1.29, 1.82) is 0 Å². The second kappa shape index (κ2) is 11.8. The van der Waals surface area contributed by atoms with E-state index in [4.69, 9.17) is 29.3 Å². The summed E-state index contributed by atoms with van der Waals surface area (Å²) in [5.74, 6) is -1.91. The monoisotopic (exact) mass is 480 g/mol. The van der Waals surface area contributed by atoms with Crippen LogP contribution in [0.15, 0.2) is 60.7 Å². The van der Waals surface area contributed by atoms with Crippen molar-refractivity contribution in [2.75, 3.05) is 40.4 Å². The Bertz CT molecular complexity index is 1190. The first-order valence-electron chi connectivity index (χ1n) is 11.0. The number of nitrogens with zero attached hydrogens (tertiary/aromatic N) is 2. The molecular weight excluding hydrogens is 452 g/mol. The van der Waals surface area contributed by atoms with Gasteiger partial charge in [0.25, 0.3) is 5.91 Å². The van der Waals surface area contributed by atoms with E-state index < -0.39 is 11.9 Å². The Kier molecular flexibility index (Phi) is 8.63. The number of hydrogen-bond acceptors (Lipinski definition) is 6. The number of piperazine rings is 1. The zero-order valence-corrected chi connectivity index (χ0v) is 19.6. The Labute approximate surface area is 203 Å². The summed E-state index contributed by atoms with van der Waals surface area (Å²) in [5.41, 5.74) is 1.91. The van der Waals surface area contributed by atoms with E-state index in [1.54, 1.807) is 14.2 Å². The van der Waals surface area contributed by atoms with Gasteiger partial charge in [-0.3, -0.25) is 9.69 Å². The van der Waals surface area contributed by atoms with Gasteiger partial charge < -0.3 is 24.6 Å². The Morgan fingerprint density at radius 3 is 2.11 bits per heavy atom. The highest BCUT2D eigenvalue weighted by atomic mass is 16.5. The molecule has 1 aliphatic heterocycles. The Morgan fingerprint density at radius 2 is 1.49 bits per heavy atom. The zero-order valence-electron chi connectivity index (χ0n) is 19.6. The SMILES string of the molecule is COc1ccc(CN2CCN(C(=O)c3cccc4ccccc34)CC2)c(OC)c1.O=C(O)C(=O)O. The molecule has 2 N–H and O–H groups in total. The van der Waals surface area contributed by atoms with Gasteiger partial charge in [-0.25, -0.2) is 9.59 Å². The van der Waals surface area contributed by atoms with Crippen molar-refractivity contribution in [2.45, 2.75) is 6.54 Å². The Morgan fingerprint density at radius 1 is 0.829 bits per heavy atom. The number of aliphatic carboxylic acids is 2. The normalized spacial score (nSPS) is 13.5. The summed E-state index contributed by atoms with van der Waals surface area (Å²) in [6.07, 6.45) is 0. The van der Waals surface area contributed by atoms with Crippen molar-refractivity contribution in [3.8, 4) is 11.5 Å². The third-order valence-corrected chi connectivity index (χ3v) is 5.75. The van der Waals surface area contributed by atoms with Crippen LogP contribution in [-0.4, -0.2) is 78.3 Å². The summed E-state index contributed by atoms with van der Waals surface area (Å²) in [7, 11) is 3.33. The summed E-state index contributed by atoms with van der Waals surface area (Å²) in [6.45, 7) is 3.92. The average Bonchev–Trinajstić information content (AvgIpc) is 2.89. The number of rotatable bonds is 5. The zero-order chi connectivity index (χ0) is 25.4. The van der Waals surface area contributed by atoms with Crippen molar-refractivity contribution >= 4 is 28.6 Å². The number of carbonyl (C=O) groups is 3. The molecule has 0 saturated carbocycles. The number of carbonyl (C=O) groups excluding carboxylic acids is 1. The molecule has 35 heavy (non-hydrogen) atoms. The third kappa shape index (κ3) is 6.48. The van der Waals surface area contributed by atoms with Gasteiger partial charge in [-0.15, -0.1) is 0 Å². The molecule has 9 heteroatoms. The van der Waals surface area contributed by atoms with Crippen LogP contribution in [0.4, 0.5) is 0 Å². The van der Waals surface area contributed by atoms with E-state index >= 15 is 0 Å². The van der Waals surface area contributed by atoms with E-state index in [-0.39, 0.29) is 5.91 Å². The van der Waals surface area contributed by atoms with E-state index in [1.165, 1.54) is 0 Å². The molecule has 0 atom stereocenters. The van der Waals surface area contributed by atoms with Gasteiger partial charge in [0.2, 0.25) is 0 Å². The van der Waals surface area contributed by atoms with Crippen molar-refractivity contribution in [1.82, 2.24) is 9.80 Å². The number of carboxylic acids is 2. The number of benzene rings is 3. The molecule has 1 fully saturated rings. The van der Waals surface area contributed by atoms with E-state index in [2.05, 4.69) is 4.90 Å². The van der Waals surface area contributed by atoms with Gasteiger partial charge in [0, 0.05) is 49.9 Å². The van der Waals surface area contributed by atoms with Gasteiger partial charge in [0.1, 0.15) is 11.5 Å². The van der Waals surface area contributed by atoms with Crippen LogP contribution in [0.25, 0.3) is 10.8 Å². The predicted molar refractivity (Wildman–Crippen MR) is 130 cm³/mol. The summed E-state index contributed by atoms with van der Waals surface area (Å²) in [6, 6.07) is 19.9. The van der Waals surface area contributed by atoms with Crippen molar-refractivity contribution in [3.05, 3.63) is 71.8 Å². The molecular formula is C26H28N2O7. The lowest BCUT2D eigenvalue weighted by Gasteiger charge is -2.35. The quantitative estimate of drug-likeness (QED) is 0.536. The molecule has 1 aliphatic rings. The number of hydrogen-bond donors (Lipinski definition) is 2. The fraction of sp³-hybridized carbons (Fsp3) is 0.269. The molecule has 0 bridgehead atoms. The van der Waals surface area contributed by atoms with Gasteiger partial charge in [-0.05, 0) is 22.9 Å². The maximum Gasteiger partial charge on any atom is 0.414 e. The fourth-order valence-corrected chi connectivity index (χ4v) is 3.91. The number of amides is 1. The van der Waals surface area contributed by atoms with Crippen LogP contribution < -0.4 is 9.47 Å². The first-order chi connectivity index (χ1) is 16.8. The number of methoxy groups -OCH3 is 2. The summed E-state index contributed by atoms with van der Waals surface area (Å²) >= 11 is 0. The second-order valence-corrected chi connectivity index (χ2v) is 7.88. The number of carboxylic acid groups (broad SMARTS) is 2. The highest BCUT2D eigenvalue weighted by Gasteiger charge is 2.24. The van der Waals surface area contributed by atoms with Crippen LogP contribution in [0.2, 0.25) is 0 Å². The van der Waals surface area contributed by atoms with Crippen LogP contribution in [-0.2, 0) is 16.1 Å². The Hall–Kier alpha value is -4.11. The van der Waals surface area contributed by atoms with Crippen LogP contribution >= 0.6 is 0 Å².